The molecule has 1 saturated carbocycles. The number of nitrogen functional groups attached to an aromatic ring is 1. The molecule has 0 amide bonds. The molecule has 2 atom stereocenters. The van der Waals surface area contributed by atoms with Crippen LogP contribution in [0.5, 0.6) is 0 Å². The van der Waals surface area contributed by atoms with Crippen molar-refractivity contribution in [3.63, 3.8) is 0 Å². The van der Waals surface area contributed by atoms with Crippen LogP contribution in [-0.4, -0.2) is 27.5 Å². The maximum absolute atomic E-state index is 5.38. The maximum Gasteiger partial charge on any atom is 0.159 e. The van der Waals surface area contributed by atoms with Gasteiger partial charge in [-0.1, -0.05) is 6.42 Å². The third-order valence-electron chi connectivity index (χ3n) is 3.00. The van der Waals surface area contributed by atoms with Crippen molar-refractivity contribution in [2.75, 3.05) is 17.0 Å². The summed E-state index contributed by atoms with van der Waals surface area (Å²) in [5.74, 6) is 6.78. The molecule has 1 aromatic rings. The number of hydrogen-bond acceptors (Lipinski definition) is 6. The van der Waals surface area contributed by atoms with Crippen LogP contribution in [-0.2, 0) is 0 Å². The second kappa shape index (κ2) is 5.88. The van der Waals surface area contributed by atoms with E-state index < -0.39 is 0 Å². The monoisotopic (exact) mass is 317 g/mol. The number of nitrogens with one attached hydrogen (secondary N) is 2. The van der Waals surface area contributed by atoms with Gasteiger partial charge in [0.1, 0.15) is 16.6 Å². The number of hydrazine groups is 1. The highest BCUT2D eigenvalue weighted by molar-refractivity contribution is 9.10. The lowest BCUT2D eigenvalue weighted by molar-refractivity contribution is 0.761. The van der Waals surface area contributed by atoms with E-state index in [0.29, 0.717) is 17.1 Å². The van der Waals surface area contributed by atoms with Crippen LogP contribution in [0.4, 0.5) is 11.6 Å². The van der Waals surface area contributed by atoms with Gasteiger partial charge in [-0.15, -0.1) is 0 Å². The zero-order valence-corrected chi connectivity index (χ0v) is 12.0. The minimum absolute atomic E-state index is 0.474. The highest BCUT2D eigenvalue weighted by Crippen LogP contribution is 2.33. The van der Waals surface area contributed by atoms with E-state index in [1.807, 2.05) is 11.8 Å². The van der Waals surface area contributed by atoms with Crippen molar-refractivity contribution in [1.29, 1.82) is 0 Å². The molecule has 7 heteroatoms. The fourth-order valence-corrected chi connectivity index (χ4v) is 3.49. The highest BCUT2D eigenvalue weighted by Gasteiger charge is 2.27. The van der Waals surface area contributed by atoms with Crippen molar-refractivity contribution in [3.8, 4) is 0 Å². The first-order valence-corrected chi connectivity index (χ1v) is 7.60. The number of rotatable bonds is 4. The lowest BCUT2D eigenvalue weighted by Crippen LogP contribution is -2.26. The Hall–Kier alpha value is -0.530. The number of thioether (sulfide) groups is 1. The molecule has 5 nitrogen and oxygen atoms in total. The first-order chi connectivity index (χ1) is 8.26. The number of halogens is 1. The molecule has 0 spiro atoms. The number of nitrogens with two attached hydrogens (primary N) is 1. The van der Waals surface area contributed by atoms with Crippen LogP contribution >= 0.6 is 27.7 Å². The zero-order valence-electron chi connectivity index (χ0n) is 9.61. The van der Waals surface area contributed by atoms with Crippen LogP contribution in [0.2, 0.25) is 0 Å². The summed E-state index contributed by atoms with van der Waals surface area (Å²) >= 11 is 5.37. The topological polar surface area (TPSA) is 75.9 Å². The van der Waals surface area contributed by atoms with Gasteiger partial charge in [0.05, 0.1) is 0 Å². The second-order valence-electron chi connectivity index (χ2n) is 3.99. The number of anilines is 2. The summed E-state index contributed by atoms with van der Waals surface area (Å²) in [5.41, 5.74) is 2.54. The van der Waals surface area contributed by atoms with Gasteiger partial charge in [0.25, 0.3) is 0 Å². The highest BCUT2D eigenvalue weighted by atomic mass is 79.9. The predicted octanol–water partition coefficient (Wildman–Crippen LogP) is 2.22. The lowest BCUT2D eigenvalue weighted by atomic mass is 10.2. The van der Waals surface area contributed by atoms with Crippen molar-refractivity contribution in [1.82, 2.24) is 9.97 Å². The Morgan fingerprint density at radius 1 is 1.41 bits per heavy atom. The standard InChI is InChI=1S/C10H16BrN5S/c1-17-7-4-2-3-6(7)15-9-8(11)10(16-12)14-5-13-9/h5-7H,2-4,12H2,1H3,(H2,13,14,15,16). The van der Waals surface area contributed by atoms with Crippen molar-refractivity contribution in [2.45, 2.75) is 30.6 Å². The molecule has 0 saturated heterocycles. The maximum atomic E-state index is 5.38. The summed E-state index contributed by atoms with van der Waals surface area (Å²) in [6.07, 6.45) is 7.39. The van der Waals surface area contributed by atoms with E-state index in [4.69, 9.17) is 5.84 Å². The molecule has 0 aliphatic heterocycles. The predicted molar refractivity (Wildman–Crippen MR) is 76.1 cm³/mol. The first-order valence-electron chi connectivity index (χ1n) is 5.52. The summed E-state index contributed by atoms with van der Waals surface area (Å²) in [5, 5.41) is 4.13. The Labute approximate surface area is 113 Å². The molecule has 2 unspecified atom stereocenters. The van der Waals surface area contributed by atoms with E-state index in [0.717, 1.165) is 10.3 Å². The average Bonchev–Trinajstić information content (AvgIpc) is 2.79. The minimum Gasteiger partial charge on any atom is -0.365 e. The average molecular weight is 318 g/mol. The molecule has 1 aromatic heterocycles. The molecule has 1 heterocycles. The van der Waals surface area contributed by atoms with Gasteiger partial charge in [0, 0.05) is 11.3 Å². The van der Waals surface area contributed by atoms with Crippen molar-refractivity contribution in [2.24, 2.45) is 5.84 Å². The molecular formula is C10H16BrN5S. The molecule has 1 fully saturated rings. The van der Waals surface area contributed by atoms with Gasteiger partial charge >= 0.3 is 0 Å². The summed E-state index contributed by atoms with van der Waals surface area (Å²) in [4.78, 5) is 8.28. The third-order valence-corrected chi connectivity index (χ3v) is 4.92. The smallest absolute Gasteiger partial charge is 0.159 e. The van der Waals surface area contributed by atoms with E-state index in [-0.39, 0.29) is 0 Å². The normalized spacial score (nSPS) is 23.7. The van der Waals surface area contributed by atoms with Gasteiger partial charge in [-0.05, 0) is 35.0 Å². The summed E-state index contributed by atoms with van der Waals surface area (Å²) < 4.78 is 0.786. The van der Waals surface area contributed by atoms with E-state index in [1.165, 1.54) is 25.6 Å². The Kier molecular flexibility index (Phi) is 4.47. The molecule has 0 aromatic carbocycles. The van der Waals surface area contributed by atoms with Gasteiger partial charge in [0.15, 0.2) is 5.82 Å². The largest absolute Gasteiger partial charge is 0.365 e. The lowest BCUT2D eigenvalue weighted by Gasteiger charge is -2.20. The molecule has 2 rings (SSSR count). The zero-order chi connectivity index (χ0) is 12.3. The number of aromatic nitrogens is 2. The van der Waals surface area contributed by atoms with Gasteiger partial charge in [-0.2, -0.15) is 11.8 Å². The fraction of sp³-hybridized carbons (Fsp3) is 0.600. The van der Waals surface area contributed by atoms with E-state index >= 15 is 0 Å². The molecular weight excluding hydrogens is 302 g/mol. The Morgan fingerprint density at radius 2 is 2.18 bits per heavy atom. The van der Waals surface area contributed by atoms with E-state index in [9.17, 15) is 0 Å². The van der Waals surface area contributed by atoms with Gasteiger partial charge in [-0.25, -0.2) is 15.8 Å². The van der Waals surface area contributed by atoms with Crippen LogP contribution in [0.1, 0.15) is 19.3 Å². The minimum atomic E-state index is 0.474. The number of nitrogens with zero attached hydrogens (tertiary/aromatic N) is 2. The van der Waals surface area contributed by atoms with Crippen LogP contribution in [0.3, 0.4) is 0 Å². The molecule has 1 aliphatic carbocycles. The van der Waals surface area contributed by atoms with E-state index in [2.05, 4.69) is 42.9 Å². The van der Waals surface area contributed by atoms with Gasteiger partial charge < -0.3 is 10.7 Å². The first kappa shape index (κ1) is 12.9. The van der Waals surface area contributed by atoms with Crippen LogP contribution in [0, 0.1) is 0 Å². The second-order valence-corrected chi connectivity index (χ2v) is 5.85. The Morgan fingerprint density at radius 3 is 2.88 bits per heavy atom. The van der Waals surface area contributed by atoms with Gasteiger partial charge in [0.2, 0.25) is 0 Å². The van der Waals surface area contributed by atoms with Crippen molar-refractivity contribution < 1.29 is 0 Å². The molecule has 4 N–H and O–H groups in total. The van der Waals surface area contributed by atoms with E-state index in [1.54, 1.807) is 0 Å². The molecule has 1 aliphatic rings. The Bertz CT molecular complexity index is 389. The van der Waals surface area contributed by atoms with Crippen LogP contribution in [0.25, 0.3) is 0 Å². The quantitative estimate of drug-likeness (QED) is 0.584. The molecule has 94 valence electrons. The van der Waals surface area contributed by atoms with Crippen molar-refractivity contribution in [3.05, 3.63) is 10.8 Å². The summed E-state index contributed by atoms with van der Waals surface area (Å²) in [6, 6.07) is 0.474. The molecule has 17 heavy (non-hydrogen) atoms. The Balaban J connectivity index is 2.13. The van der Waals surface area contributed by atoms with Crippen LogP contribution in [0.15, 0.2) is 10.8 Å². The van der Waals surface area contributed by atoms with Crippen molar-refractivity contribution >= 4 is 39.3 Å². The SMILES string of the molecule is CSC1CCCC1Nc1ncnc(NN)c1Br. The molecule has 0 radical (unpaired) electrons. The molecule has 0 bridgehead atoms. The van der Waals surface area contributed by atoms with Gasteiger partial charge in [-0.3, -0.25) is 0 Å². The fourth-order valence-electron chi connectivity index (χ4n) is 2.12. The summed E-state index contributed by atoms with van der Waals surface area (Å²) in [6.45, 7) is 0. The number of hydrogen-bond donors (Lipinski definition) is 3. The van der Waals surface area contributed by atoms with Crippen LogP contribution < -0.4 is 16.6 Å². The third kappa shape index (κ3) is 2.83. The summed E-state index contributed by atoms with van der Waals surface area (Å²) in [7, 11) is 0.